The summed E-state index contributed by atoms with van der Waals surface area (Å²) in [6, 6.07) is -0.0795. The number of nitrogens with one attached hydrogen (secondary N) is 1. The molecule has 74 valence electrons. The lowest BCUT2D eigenvalue weighted by molar-refractivity contribution is 0.396. The van der Waals surface area contributed by atoms with E-state index in [9.17, 15) is 13.0 Å². The van der Waals surface area contributed by atoms with Crippen molar-refractivity contribution in [3.63, 3.8) is 0 Å². The zero-order valence-electron chi connectivity index (χ0n) is 6.06. The SMILES string of the molecule is O=S(CF)c1cc(C(F)(Cl)Cl)[nH]n1. The topological polar surface area (TPSA) is 45.8 Å². The lowest BCUT2D eigenvalue weighted by Crippen LogP contribution is -2.01. The van der Waals surface area contributed by atoms with Gasteiger partial charge in [-0.15, -0.1) is 0 Å². The molecule has 1 aromatic heterocycles. The molecule has 1 unspecified atom stereocenters. The summed E-state index contributed by atoms with van der Waals surface area (Å²) < 4.78 is 32.8. The number of halogens is 4. The molecule has 0 aliphatic carbocycles. The van der Waals surface area contributed by atoms with E-state index in [-0.39, 0.29) is 10.7 Å². The monoisotopic (exact) mass is 248 g/mol. The summed E-state index contributed by atoms with van der Waals surface area (Å²) in [6.45, 7) is 0. The van der Waals surface area contributed by atoms with Crippen LogP contribution in [0.5, 0.6) is 0 Å². The molecule has 1 heterocycles. The average Bonchev–Trinajstić information content (AvgIpc) is 2.50. The molecule has 1 rings (SSSR count). The molecule has 8 heteroatoms. The molecule has 1 atom stereocenters. The minimum absolute atomic E-state index is 0.124. The van der Waals surface area contributed by atoms with Gasteiger partial charge in [-0.25, -0.2) is 13.0 Å². The number of rotatable bonds is 3. The van der Waals surface area contributed by atoms with Gasteiger partial charge in [0, 0.05) is 6.07 Å². The van der Waals surface area contributed by atoms with Gasteiger partial charge in [-0.05, 0) is 0 Å². The summed E-state index contributed by atoms with van der Waals surface area (Å²) >= 11 is 10.1. The maximum absolute atomic E-state index is 12.8. The van der Waals surface area contributed by atoms with Crippen molar-refractivity contribution in [2.45, 2.75) is 9.61 Å². The van der Waals surface area contributed by atoms with Crippen LogP contribution >= 0.6 is 23.2 Å². The van der Waals surface area contributed by atoms with Crippen molar-refractivity contribution in [3.8, 4) is 0 Å². The van der Waals surface area contributed by atoms with Crippen LogP contribution in [0.2, 0.25) is 0 Å². The van der Waals surface area contributed by atoms with E-state index in [0.717, 1.165) is 6.07 Å². The highest BCUT2D eigenvalue weighted by molar-refractivity contribution is 7.84. The van der Waals surface area contributed by atoms with Gasteiger partial charge in [-0.3, -0.25) is 5.10 Å². The second-order valence-corrected chi connectivity index (χ2v) is 4.63. The Morgan fingerprint density at radius 1 is 1.69 bits per heavy atom. The molecule has 0 fully saturated rings. The smallest absolute Gasteiger partial charge is 0.275 e. The molecule has 0 aliphatic heterocycles. The zero-order chi connectivity index (χ0) is 10.1. The first-order chi connectivity index (χ1) is 5.95. The summed E-state index contributed by atoms with van der Waals surface area (Å²) in [4.78, 5) is 0. The highest BCUT2D eigenvalue weighted by atomic mass is 35.5. The molecule has 1 aromatic rings. The van der Waals surface area contributed by atoms with E-state index in [4.69, 9.17) is 23.2 Å². The molecular weight excluding hydrogens is 245 g/mol. The number of hydrogen-bond donors (Lipinski definition) is 1. The second-order valence-electron chi connectivity index (χ2n) is 2.07. The highest BCUT2D eigenvalue weighted by Gasteiger charge is 2.28. The normalized spacial score (nSPS) is 14.5. The summed E-state index contributed by atoms with van der Waals surface area (Å²) in [7, 11) is -1.90. The van der Waals surface area contributed by atoms with Crippen LogP contribution in [0, 0.1) is 0 Å². The number of nitrogens with zero attached hydrogens (tertiary/aromatic N) is 1. The first kappa shape index (κ1) is 10.9. The maximum atomic E-state index is 12.8. The van der Waals surface area contributed by atoms with Gasteiger partial charge in [-0.1, -0.05) is 23.2 Å². The number of hydrogen-bond acceptors (Lipinski definition) is 2. The molecule has 3 nitrogen and oxygen atoms in total. The Morgan fingerprint density at radius 3 is 2.69 bits per heavy atom. The van der Waals surface area contributed by atoms with Gasteiger partial charge in [0.25, 0.3) is 4.59 Å². The number of alkyl halides is 4. The molecule has 0 spiro atoms. The number of H-pyrrole nitrogens is 1. The average molecular weight is 249 g/mol. The quantitative estimate of drug-likeness (QED) is 0.832. The lowest BCUT2D eigenvalue weighted by atomic mass is 10.5. The Bertz CT molecular complexity index is 325. The maximum Gasteiger partial charge on any atom is 0.299 e. The van der Waals surface area contributed by atoms with E-state index in [1.165, 1.54) is 0 Å². The number of aromatic nitrogens is 2. The molecular formula is C5H4Cl2F2N2OS. The fourth-order valence-corrected chi connectivity index (χ4v) is 1.32. The molecule has 0 saturated heterocycles. The molecule has 0 aliphatic rings. The van der Waals surface area contributed by atoms with Crippen LogP contribution in [0.3, 0.4) is 0 Å². The molecule has 0 saturated carbocycles. The van der Waals surface area contributed by atoms with Crippen LogP contribution in [0.15, 0.2) is 11.1 Å². The van der Waals surface area contributed by atoms with Crippen molar-refractivity contribution in [2.24, 2.45) is 0 Å². The van der Waals surface area contributed by atoms with Crippen molar-refractivity contribution >= 4 is 34.0 Å². The standard InChI is InChI=1S/C5H4Cl2F2N2OS/c6-5(7,9)3-1-4(11-10-3)13(12)2-8/h1H,2H2,(H,10,11). The largest absolute Gasteiger partial charge is 0.299 e. The van der Waals surface area contributed by atoms with Crippen molar-refractivity contribution in [2.75, 3.05) is 6.01 Å². The van der Waals surface area contributed by atoms with E-state index in [2.05, 4.69) is 10.2 Å². The van der Waals surface area contributed by atoms with Crippen LogP contribution in [-0.4, -0.2) is 20.4 Å². The summed E-state index contributed by atoms with van der Waals surface area (Å²) in [5, 5.41) is 5.37. The second kappa shape index (κ2) is 3.89. The first-order valence-corrected chi connectivity index (χ1v) is 5.09. The molecule has 0 aromatic carbocycles. The van der Waals surface area contributed by atoms with Gasteiger partial charge in [-0.2, -0.15) is 5.10 Å². The fraction of sp³-hybridized carbons (Fsp3) is 0.400. The van der Waals surface area contributed by atoms with Crippen molar-refractivity contribution in [3.05, 3.63) is 11.8 Å². The Balaban J connectivity index is 2.93. The highest BCUT2D eigenvalue weighted by Crippen LogP contribution is 2.34. The van der Waals surface area contributed by atoms with Gasteiger partial charge in [0.2, 0.25) is 0 Å². The zero-order valence-corrected chi connectivity index (χ0v) is 8.39. The molecule has 0 radical (unpaired) electrons. The van der Waals surface area contributed by atoms with Crippen LogP contribution < -0.4 is 0 Å². The van der Waals surface area contributed by atoms with Crippen molar-refractivity contribution in [1.82, 2.24) is 10.2 Å². The third-order valence-electron chi connectivity index (χ3n) is 1.19. The van der Waals surface area contributed by atoms with Gasteiger partial charge in [0.05, 0.1) is 0 Å². The van der Waals surface area contributed by atoms with Gasteiger partial charge < -0.3 is 0 Å². The van der Waals surface area contributed by atoms with Crippen molar-refractivity contribution in [1.29, 1.82) is 0 Å². The third-order valence-corrected chi connectivity index (χ3v) is 2.47. The van der Waals surface area contributed by atoms with E-state index in [0.29, 0.717) is 0 Å². The van der Waals surface area contributed by atoms with Crippen LogP contribution in [0.25, 0.3) is 0 Å². The Hall–Kier alpha value is -0.200. The fourth-order valence-electron chi connectivity index (χ4n) is 0.621. The predicted octanol–water partition coefficient (Wildman–Crippen LogP) is 2.00. The third kappa shape index (κ3) is 2.62. The van der Waals surface area contributed by atoms with Crippen LogP contribution in [0.1, 0.15) is 5.69 Å². The first-order valence-electron chi connectivity index (χ1n) is 3.02. The van der Waals surface area contributed by atoms with Gasteiger partial charge >= 0.3 is 0 Å². The number of aromatic amines is 1. The van der Waals surface area contributed by atoms with Gasteiger partial charge in [0.15, 0.2) is 11.0 Å². The van der Waals surface area contributed by atoms with E-state index >= 15 is 0 Å². The predicted molar refractivity (Wildman–Crippen MR) is 45.5 cm³/mol. The van der Waals surface area contributed by atoms with Crippen LogP contribution in [0.4, 0.5) is 8.78 Å². The summed E-state index contributed by atoms with van der Waals surface area (Å²) in [6.07, 6.45) is 0. The van der Waals surface area contributed by atoms with E-state index in [1.807, 2.05) is 0 Å². The minimum Gasteiger partial charge on any atom is -0.275 e. The minimum atomic E-state index is -2.63. The van der Waals surface area contributed by atoms with Crippen LogP contribution in [-0.2, 0) is 15.4 Å². The molecule has 0 amide bonds. The summed E-state index contributed by atoms with van der Waals surface area (Å²) in [5.74, 6) is 0. The van der Waals surface area contributed by atoms with Crippen molar-refractivity contribution < 1.29 is 13.0 Å². The lowest BCUT2D eigenvalue weighted by Gasteiger charge is -2.03. The molecule has 1 N–H and O–H groups in total. The Kier molecular flexibility index (Phi) is 3.26. The van der Waals surface area contributed by atoms with E-state index in [1.54, 1.807) is 0 Å². The summed E-state index contributed by atoms with van der Waals surface area (Å²) in [5.41, 5.74) is -0.271. The molecule has 0 bridgehead atoms. The van der Waals surface area contributed by atoms with E-state index < -0.39 is 21.4 Å². The Labute approximate surface area is 84.9 Å². The Morgan fingerprint density at radius 2 is 2.31 bits per heavy atom. The van der Waals surface area contributed by atoms with Gasteiger partial charge in [0.1, 0.15) is 16.5 Å². The molecule has 13 heavy (non-hydrogen) atoms.